The number of benzene rings is 1. The van der Waals surface area contributed by atoms with Gasteiger partial charge in [-0.1, -0.05) is 30.7 Å². The summed E-state index contributed by atoms with van der Waals surface area (Å²) in [4.78, 5) is 2.30. The van der Waals surface area contributed by atoms with Crippen LogP contribution in [0.4, 0.5) is 5.69 Å². The van der Waals surface area contributed by atoms with Gasteiger partial charge in [-0.05, 0) is 32.0 Å². The molecule has 0 radical (unpaired) electrons. The molecule has 0 amide bonds. The Hall–Kier alpha value is -0.770. The van der Waals surface area contributed by atoms with Crippen molar-refractivity contribution in [2.75, 3.05) is 31.7 Å². The van der Waals surface area contributed by atoms with Crippen LogP contribution in [0.1, 0.15) is 26.3 Å². The van der Waals surface area contributed by atoms with Crippen molar-refractivity contribution in [1.82, 2.24) is 5.32 Å². The second-order valence-electron chi connectivity index (χ2n) is 4.62. The number of para-hydroxylation sites is 1. The van der Waals surface area contributed by atoms with E-state index in [1.807, 2.05) is 12.1 Å². The van der Waals surface area contributed by atoms with E-state index in [-0.39, 0.29) is 0 Å². The fourth-order valence-corrected chi connectivity index (χ4v) is 2.61. The molecule has 0 saturated carbocycles. The quantitative estimate of drug-likeness (QED) is 0.793. The molecule has 19 heavy (non-hydrogen) atoms. The molecular formula is C15H25ClN2O. The molecule has 0 aliphatic carbocycles. The summed E-state index contributed by atoms with van der Waals surface area (Å²) in [7, 11) is 1.73. The van der Waals surface area contributed by atoms with E-state index >= 15 is 0 Å². The van der Waals surface area contributed by atoms with Crippen molar-refractivity contribution in [2.45, 2.75) is 33.4 Å². The maximum absolute atomic E-state index is 6.42. The minimum absolute atomic E-state index is 0.301. The van der Waals surface area contributed by atoms with Gasteiger partial charge in [0.25, 0.3) is 0 Å². The van der Waals surface area contributed by atoms with Gasteiger partial charge in [0.15, 0.2) is 0 Å². The third-order valence-corrected chi connectivity index (χ3v) is 3.51. The zero-order chi connectivity index (χ0) is 14.3. The molecule has 108 valence electrons. The Balaban J connectivity index is 3.06. The Morgan fingerprint density at radius 3 is 2.68 bits per heavy atom. The van der Waals surface area contributed by atoms with Gasteiger partial charge in [-0.3, -0.25) is 0 Å². The molecule has 0 aromatic heterocycles. The molecule has 3 nitrogen and oxygen atoms in total. The zero-order valence-corrected chi connectivity index (χ0v) is 13.1. The van der Waals surface area contributed by atoms with E-state index in [9.17, 15) is 0 Å². The van der Waals surface area contributed by atoms with Crippen molar-refractivity contribution in [2.24, 2.45) is 0 Å². The smallest absolute Gasteiger partial charge is 0.0663 e. The van der Waals surface area contributed by atoms with Crippen LogP contribution in [0.5, 0.6) is 0 Å². The number of methoxy groups -OCH3 is 1. The monoisotopic (exact) mass is 284 g/mol. The minimum atomic E-state index is 0.301. The van der Waals surface area contributed by atoms with E-state index in [4.69, 9.17) is 16.3 Å². The summed E-state index contributed by atoms with van der Waals surface area (Å²) >= 11 is 6.42. The Labute approximate surface area is 121 Å². The molecular weight excluding hydrogens is 260 g/mol. The number of rotatable bonds is 8. The average molecular weight is 285 g/mol. The summed E-state index contributed by atoms with van der Waals surface area (Å²) in [6.07, 6.45) is 0. The molecule has 0 aliphatic rings. The van der Waals surface area contributed by atoms with Crippen LogP contribution in [0.2, 0.25) is 5.02 Å². The maximum Gasteiger partial charge on any atom is 0.0663 e. The van der Waals surface area contributed by atoms with E-state index in [1.54, 1.807) is 7.11 Å². The second kappa shape index (κ2) is 8.41. The molecule has 1 atom stereocenters. The van der Waals surface area contributed by atoms with Gasteiger partial charge in [0.2, 0.25) is 0 Å². The van der Waals surface area contributed by atoms with E-state index < -0.39 is 0 Å². The Morgan fingerprint density at radius 2 is 2.11 bits per heavy atom. The third-order valence-electron chi connectivity index (χ3n) is 3.20. The summed E-state index contributed by atoms with van der Waals surface area (Å²) in [6, 6.07) is 6.39. The highest BCUT2D eigenvalue weighted by atomic mass is 35.5. The standard InChI is InChI=1S/C15H25ClN2O/c1-5-17-10-13-8-7-9-14(16)15(13)18(6-2)12(3)11-19-4/h7-9,12,17H,5-6,10-11H2,1-4H3. The molecule has 1 rings (SSSR count). The lowest BCUT2D eigenvalue weighted by atomic mass is 10.1. The molecule has 1 aromatic rings. The Kier molecular flexibility index (Phi) is 7.21. The number of likely N-dealkylation sites (N-methyl/N-ethyl adjacent to an activating group) is 1. The fraction of sp³-hybridized carbons (Fsp3) is 0.600. The van der Waals surface area contributed by atoms with Crippen LogP contribution in [0, 0.1) is 0 Å². The van der Waals surface area contributed by atoms with E-state index in [0.29, 0.717) is 12.6 Å². The molecule has 4 heteroatoms. The molecule has 0 aliphatic heterocycles. The number of hydrogen-bond donors (Lipinski definition) is 1. The Bertz CT molecular complexity index is 384. The average Bonchev–Trinajstić information content (AvgIpc) is 2.40. The highest BCUT2D eigenvalue weighted by molar-refractivity contribution is 6.33. The number of nitrogens with zero attached hydrogens (tertiary/aromatic N) is 1. The van der Waals surface area contributed by atoms with E-state index in [0.717, 1.165) is 30.3 Å². The highest BCUT2D eigenvalue weighted by Crippen LogP contribution is 2.31. The van der Waals surface area contributed by atoms with Gasteiger partial charge in [-0.2, -0.15) is 0 Å². The summed E-state index contributed by atoms with van der Waals surface area (Å²) in [5.74, 6) is 0. The van der Waals surface area contributed by atoms with Crippen LogP contribution < -0.4 is 10.2 Å². The number of nitrogens with one attached hydrogen (secondary N) is 1. The summed E-state index contributed by atoms with van der Waals surface area (Å²) in [5.41, 5.74) is 2.36. The number of ether oxygens (including phenoxy) is 1. The predicted octanol–water partition coefficient (Wildman–Crippen LogP) is 3.31. The molecule has 1 unspecified atom stereocenters. The van der Waals surface area contributed by atoms with Gasteiger partial charge in [-0.25, -0.2) is 0 Å². The van der Waals surface area contributed by atoms with Crippen molar-refractivity contribution in [3.8, 4) is 0 Å². The van der Waals surface area contributed by atoms with Crippen LogP contribution in [0.25, 0.3) is 0 Å². The van der Waals surface area contributed by atoms with Gasteiger partial charge in [0.05, 0.1) is 17.3 Å². The third kappa shape index (κ3) is 4.37. The lowest BCUT2D eigenvalue weighted by Gasteiger charge is -2.32. The SMILES string of the molecule is CCNCc1cccc(Cl)c1N(CC)C(C)COC. The van der Waals surface area contributed by atoms with E-state index in [1.165, 1.54) is 5.56 Å². The summed E-state index contributed by atoms with van der Waals surface area (Å²) < 4.78 is 5.27. The first-order valence-electron chi connectivity index (χ1n) is 6.89. The molecule has 0 bridgehead atoms. The van der Waals surface area contributed by atoms with Gasteiger partial charge in [0, 0.05) is 26.2 Å². The first kappa shape index (κ1) is 16.3. The van der Waals surface area contributed by atoms with Crippen molar-refractivity contribution < 1.29 is 4.74 Å². The normalized spacial score (nSPS) is 12.5. The van der Waals surface area contributed by atoms with Crippen molar-refractivity contribution in [1.29, 1.82) is 0 Å². The molecule has 1 aromatic carbocycles. The van der Waals surface area contributed by atoms with Crippen LogP contribution >= 0.6 is 11.6 Å². The zero-order valence-electron chi connectivity index (χ0n) is 12.4. The summed E-state index contributed by atoms with van der Waals surface area (Å²) in [6.45, 7) is 9.80. The predicted molar refractivity (Wildman–Crippen MR) is 83.2 cm³/mol. The topological polar surface area (TPSA) is 24.5 Å². The Morgan fingerprint density at radius 1 is 1.37 bits per heavy atom. The van der Waals surface area contributed by atoms with Crippen LogP contribution in [-0.4, -0.2) is 32.8 Å². The van der Waals surface area contributed by atoms with Crippen LogP contribution in [0.3, 0.4) is 0 Å². The molecule has 0 heterocycles. The number of hydrogen-bond acceptors (Lipinski definition) is 3. The van der Waals surface area contributed by atoms with Crippen LogP contribution in [-0.2, 0) is 11.3 Å². The van der Waals surface area contributed by atoms with Gasteiger partial charge in [0.1, 0.15) is 0 Å². The number of anilines is 1. The van der Waals surface area contributed by atoms with Crippen LogP contribution in [0.15, 0.2) is 18.2 Å². The summed E-state index contributed by atoms with van der Waals surface area (Å²) in [5, 5.41) is 4.17. The van der Waals surface area contributed by atoms with Crippen molar-refractivity contribution in [3.05, 3.63) is 28.8 Å². The first-order chi connectivity index (χ1) is 9.15. The lowest BCUT2D eigenvalue weighted by molar-refractivity contribution is 0.182. The minimum Gasteiger partial charge on any atom is -0.383 e. The maximum atomic E-state index is 6.42. The van der Waals surface area contributed by atoms with Gasteiger partial charge in [-0.15, -0.1) is 0 Å². The van der Waals surface area contributed by atoms with E-state index in [2.05, 4.69) is 37.1 Å². The molecule has 0 saturated heterocycles. The molecule has 1 N–H and O–H groups in total. The largest absolute Gasteiger partial charge is 0.383 e. The molecule has 0 spiro atoms. The van der Waals surface area contributed by atoms with Crippen molar-refractivity contribution >= 4 is 17.3 Å². The fourth-order valence-electron chi connectivity index (χ4n) is 2.31. The van der Waals surface area contributed by atoms with Gasteiger partial charge < -0.3 is 15.0 Å². The van der Waals surface area contributed by atoms with Gasteiger partial charge >= 0.3 is 0 Å². The van der Waals surface area contributed by atoms with Crippen molar-refractivity contribution in [3.63, 3.8) is 0 Å². The second-order valence-corrected chi connectivity index (χ2v) is 5.03. The number of halogens is 1. The first-order valence-corrected chi connectivity index (χ1v) is 7.27. The highest BCUT2D eigenvalue weighted by Gasteiger charge is 2.18. The lowest BCUT2D eigenvalue weighted by Crippen LogP contribution is -2.37. The molecule has 0 fully saturated rings.